The van der Waals surface area contributed by atoms with E-state index in [1.807, 2.05) is 48.2 Å². The van der Waals surface area contributed by atoms with Crippen molar-refractivity contribution >= 4 is 55.8 Å². The van der Waals surface area contributed by atoms with Gasteiger partial charge in [-0.15, -0.1) is 0 Å². The Morgan fingerprint density at radius 3 is 2.63 bits per heavy atom. The third-order valence-corrected chi connectivity index (χ3v) is 6.68. The Morgan fingerprint density at radius 2 is 1.90 bits per heavy atom. The number of nitrogens with zero attached hydrogens (tertiary/aromatic N) is 3. The van der Waals surface area contributed by atoms with Crippen molar-refractivity contribution < 1.29 is 9.53 Å². The maximum absolute atomic E-state index is 13.3. The first-order valence-corrected chi connectivity index (χ1v) is 11.5. The van der Waals surface area contributed by atoms with E-state index >= 15 is 0 Å². The number of thiazole rings is 1. The quantitative estimate of drug-likeness (QED) is 0.525. The van der Waals surface area contributed by atoms with E-state index in [1.165, 1.54) is 11.3 Å². The van der Waals surface area contributed by atoms with Crippen molar-refractivity contribution in [3.05, 3.63) is 57.6 Å². The highest BCUT2D eigenvalue weighted by Crippen LogP contribution is 2.33. The van der Waals surface area contributed by atoms with Crippen LogP contribution in [0.5, 0.6) is 0 Å². The van der Waals surface area contributed by atoms with Gasteiger partial charge in [-0.05, 0) is 42.3 Å². The second-order valence-corrected chi connectivity index (χ2v) is 9.25. The number of anilines is 1. The van der Waals surface area contributed by atoms with Gasteiger partial charge in [-0.2, -0.15) is 0 Å². The van der Waals surface area contributed by atoms with Crippen LogP contribution in [0.25, 0.3) is 10.2 Å². The number of ether oxygens (including phenoxy) is 1. The largest absolute Gasteiger partial charge is 0.379 e. The van der Waals surface area contributed by atoms with Crippen LogP contribution < -0.4 is 4.90 Å². The second kappa shape index (κ2) is 9.62. The van der Waals surface area contributed by atoms with E-state index in [9.17, 15) is 4.79 Å². The number of amides is 1. The molecule has 2 aromatic carbocycles. The number of rotatable bonds is 6. The van der Waals surface area contributed by atoms with Gasteiger partial charge in [0.25, 0.3) is 0 Å². The van der Waals surface area contributed by atoms with Gasteiger partial charge < -0.3 is 4.74 Å². The molecule has 0 unspecified atom stereocenters. The molecule has 0 bridgehead atoms. The summed E-state index contributed by atoms with van der Waals surface area (Å²) in [5.74, 6) is 0.0217. The van der Waals surface area contributed by atoms with Crippen molar-refractivity contribution in [3.8, 4) is 0 Å². The van der Waals surface area contributed by atoms with Gasteiger partial charge in [0.2, 0.25) is 5.91 Å². The summed E-state index contributed by atoms with van der Waals surface area (Å²) in [4.78, 5) is 22.2. The first-order valence-electron chi connectivity index (χ1n) is 9.91. The summed E-state index contributed by atoms with van der Waals surface area (Å²) in [7, 11) is 0. The molecule has 0 saturated carbocycles. The molecule has 8 heteroatoms. The number of aromatic nitrogens is 1. The van der Waals surface area contributed by atoms with Crippen molar-refractivity contribution in [2.75, 3.05) is 44.3 Å². The number of halogens is 2. The standard InChI is InChI=1S/C22H23Cl2N3O2S/c1-15-12-18(24)14-19-21(15)25-22(30-19)27(7-6-26-8-10-29-11-9-26)20(28)13-16-2-4-17(23)5-3-16/h2-5,12,14H,6-11,13H2,1H3. The molecule has 0 atom stereocenters. The van der Waals surface area contributed by atoms with Gasteiger partial charge in [0, 0.05) is 36.2 Å². The monoisotopic (exact) mass is 463 g/mol. The van der Waals surface area contributed by atoms with Crippen molar-refractivity contribution in [2.24, 2.45) is 0 Å². The van der Waals surface area contributed by atoms with Gasteiger partial charge in [-0.1, -0.05) is 46.7 Å². The van der Waals surface area contributed by atoms with E-state index in [2.05, 4.69) is 4.90 Å². The molecule has 1 saturated heterocycles. The number of fused-ring (bicyclic) bond motifs is 1. The van der Waals surface area contributed by atoms with E-state index < -0.39 is 0 Å². The zero-order chi connectivity index (χ0) is 21.1. The molecule has 1 aromatic heterocycles. The Labute approximate surface area is 190 Å². The van der Waals surface area contributed by atoms with Crippen LogP contribution in [0.15, 0.2) is 36.4 Å². The van der Waals surface area contributed by atoms with Gasteiger partial charge in [-0.3, -0.25) is 14.6 Å². The molecule has 1 aliphatic heterocycles. The highest BCUT2D eigenvalue weighted by Gasteiger charge is 2.22. The molecule has 1 fully saturated rings. The maximum Gasteiger partial charge on any atom is 0.233 e. The summed E-state index contributed by atoms with van der Waals surface area (Å²) in [5, 5.41) is 2.05. The molecule has 0 radical (unpaired) electrons. The van der Waals surface area contributed by atoms with Gasteiger partial charge in [0.05, 0.1) is 29.9 Å². The highest BCUT2D eigenvalue weighted by atomic mass is 35.5. The lowest BCUT2D eigenvalue weighted by atomic mass is 10.1. The van der Waals surface area contributed by atoms with E-state index in [4.69, 9.17) is 32.9 Å². The summed E-state index contributed by atoms with van der Waals surface area (Å²) >= 11 is 13.7. The van der Waals surface area contributed by atoms with Crippen molar-refractivity contribution in [1.82, 2.24) is 9.88 Å². The number of aryl methyl sites for hydroxylation is 1. The lowest BCUT2D eigenvalue weighted by Crippen LogP contribution is -2.43. The normalized spacial score (nSPS) is 14.9. The number of carbonyl (C=O) groups excluding carboxylic acids is 1. The number of benzene rings is 2. The van der Waals surface area contributed by atoms with Crippen molar-refractivity contribution in [1.29, 1.82) is 0 Å². The predicted molar refractivity (Wildman–Crippen MR) is 124 cm³/mol. The zero-order valence-electron chi connectivity index (χ0n) is 16.7. The van der Waals surface area contributed by atoms with Crippen LogP contribution in [0.2, 0.25) is 10.0 Å². The van der Waals surface area contributed by atoms with Crippen LogP contribution >= 0.6 is 34.5 Å². The molecular formula is C22H23Cl2N3O2S. The first kappa shape index (κ1) is 21.5. The maximum atomic E-state index is 13.3. The number of carbonyl (C=O) groups is 1. The van der Waals surface area contributed by atoms with E-state index in [1.54, 1.807) is 0 Å². The van der Waals surface area contributed by atoms with Gasteiger partial charge in [-0.25, -0.2) is 4.98 Å². The zero-order valence-corrected chi connectivity index (χ0v) is 19.1. The predicted octanol–water partition coefficient (Wildman–Crippen LogP) is 4.82. The second-order valence-electron chi connectivity index (χ2n) is 7.37. The molecule has 1 amide bonds. The molecule has 0 spiro atoms. The Morgan fingerprint density at radius 1 is 1.17 bits per heavy atom. The van der Waals surface area contributed by atoms with Crippen LogP contribution in [0.4, 0.5) is 5.13 Å². The molecule has 0 aliphatic carbocycles. The number of hydrogen-bond acceptors (Lipinski definition) is 5. The van der Waals surface area contributed by atoms with E-state index in [0.717, 1.165) is 54.2 Å². The SMILES string of the molecule is Cc1cc(Cl)cc2sc(N(CCN3CCOCC3)C(=O)Cc3ccc(Cl)cc3)nc12. The van der Waals surface area contributed by atoms with Gasteiger partial charge >= 0.3 is 0 Å². The average Bonchev–Trinajstić information content (AvgIpc) is 3.14. The molecule has 0 N–H and O–H groups in total. The summed E-state index contributed by atoms with van der Waals surface area (Å²) in [6.07, 6.45) is 0.302. The van der Waals surface area contributed by atoms with Crippen LogP contribution in [-0.2, 0) is 16.0 Å². The Hall–Kier alpha value is -1.70. The Bertz CT molecular complexity index is 1030. The molecule has 30 heavy (non-hydrogen) atoms. The van der Waals surface area contributed by atoms with Crippen molar-refractivity contribution in [3.63, 3.8) is 0 Å². The van der Waals surface area contributed by atoms with Crippen LogP contribution in [-0.4, -0.2) is 55.2 Å². The minimum absolute atomic E-state index is 0.0217. The summed E-state index contributed by atoms with van der Waals surface area (Å²) in [6, 6.07) is 11.2. The smallest absolute Gasteiger partial charge is 0.233 e. The molecule has 1 aliphatic rings. The van der Waals surface area contributed by atoms with Gasteiger partial charge in [0.15, 0.2) is 5.13 Å². The summed E-state index contributed by atoms with van der Waals surface area (Å²) in [5.41, 5.74) is 2.84. The molecule has 2 heterocycles. The fraction of sp³-hybridized carbons (Fsp3) is 0.364. The lowest BCUT2D eigenvalue weighted by molar-refractivity contribution is -0.118. The molecule has 158 valence electrons. The fourth-order valence-electron chi connectivity index (χ4n) is 3.52. The average molecular weight is 464 g/mol. The number of hydrogen-bond donors (Lipinski definition) is 0. The molecule has 4 rings (SSSR count). The van der Waals surface area contributed by atoms with Crippen LogP contribution in [0.3, 0.4) is 0 Å². The molecular weight excluding hydrogens is 441 g/mol. The van der Waals surface area contributed by atoms with Crippen LogP contribution in [0, 0.1) is 6.92 Å². The minimum Gasteiger partial charge on any atom is -0.379 e. The Kier molecular flexibility index (Phi) is 6.91. The number of morpholine rings is 1. The lowest BCUT2D eigenvalue weighted by Gasteiger charge is -2.29. The molecule has 3 aromatic rings. The Balaban J connectivity index is 1.59. The summed E-state index contributed by atoms with van der Waals surface area (Å²) < 4.78 is 6.43. The van der Waals surface area contributed by atoms with Crippen LogP contribution in [0.1, 0.15) is 11.1 Å². The fourth-order valence-corrected chi connectivity index (χ4v) is 5.11. The topological polar surface area (TPSA) is 45.7 Å². The van der Waals surface area contributed by atoms with E-state index in [-0.39, 0.29) is 5.91 Å². The van der Waals surface area contributed by atoms with Crippen molar-refractivity contribution in [2.45, 2.75) is 13.3 Å². The summed E-state index contributed by atoms with van der Waals surface area (Å²) in [6.45, 7) is 6.59. The highest BCUT2D eigenvalue weighted by molar-refractivity contribution is 7.22. The molecule has 5 nitrogen and oxygen atoms in total. The van der Waals surface area contributed by atoms with Gasteiger partial charge in [0.1, 0.15) is 0 Å². The van der Waals surface area contributed by atoms with E-state index in [0.29, 0.717) is 28.1 Å². The third kappa shape index (κ3) is 5.13. The minimum atomic E-state index is 0.0217. The first-order chi connectivity index (χ1) is 14.5. The third-order valence-electron chi connectivity index (χ3n) is 5.18.